The molecule has 0 saturated carbocycles. The smallest absolute Gasteiger partial charge is 0.189 e. The van der Waals surface area contributed by atoms with E-state index in [9.17, 15) is 4.79 Å². The first-order valence-corrected chi connectivity index (χ1v) is 5.97. The summed E-state index contributed by atoms with van der Waals surface area (Å²) in [5.41, 5.74) is 2.29. The van der Waals surface area contributed by atoms with E-state index in [2.05, 4.69) is 16.7 Å². The summed E-state index contributed by atoms with van der Waals surface area (Å²) in [4.78, 5) is 11.8. The zero-order valence-corrected chi connectivity index (χ0v) is 9.91. The summed E-state index contributed by atoms with van der Waals surface area (Å²) >= 11 is 0. The first-order valence-electron chi connectivity index (χ1n) is 5.97. The third-order valence-corrected chi connectivity index (χ3v) is 3.08. The minimum atomic E-state index is 0.0786. The van der Waals surface area contributed by atoms with Crippen LogP contribution in [0.25, 0.3) is 10.9 Å². The molecule has 1 aromatic heterocycles. The predicted molar refractivity (Wildman–Crippen MR) is 73.8 cm³/mol. The van der Waals surface area contributed by atoms with Crippen LogP contribution in [0.4, 0.5) is 0 Å². The van der Waals surface area contributed by atoms with Crippen molar-refractivity contribution in [1.29, 1.82) is 0 Å². The standard InChI is InChI=1S/C16H13NO/c18-16-10-11-17(12-13-6-2-1-3-7-13)15-9-5-4-8-14(15)16/h1-11H,12H2. The van der Waals surface area contributed by atoms with Crippen LogP contribution in [-0.4, -0.2) is 4.57 Å². The molecule has 0 spiro atoms. The van der Waals surface area contributed by atoms with E-state index < -0.39 is 0 Å². The minimum Gasteiger partial charge on any atom is -0.343 e. The maximum Gasteiger partial charge on any atom is 0.189 e. The number of rotatable bonds is 2. The van der Waals surface area contributed by atoms with Gasteiger partial charge in [0.2, 0.25) is 0 Å². The van der Waals surface area contributed by atoms with E-state index in [1.807, 2.05) is 48.7 Å². The van der Waals surface area contributed by atoms with Gasteiger partial charge in [-0.1, -0.05) is 42.5 Å². The summed E-state index contributed by atoms with van der Waals surface area (Å²) in [6.45, 7) is 0.779. The fraction of sp³-hybridized carbons (Fsp3) is 0.0625. The summed E-state index contributed by atoms with van der Waals surface area (Å²) < 4.78 is 2.10. The normalized spacial score (nSPS) is 10.7. The molecule has 0 saturated heterocycles. The Kier molecular flexibility index (Phi) is 2.69. The van der Waals surface area contributed by atoms with Gasteiger partial charge < -0.3 is 4.57 Å². The number of aromatic nitrogens is 1. The predicted octanol–water partition coefficient (Wildman–Crippen LogP) is 3.05. The Morgan fingerprint density at radius 1 is 0.833 bits per heavy atom. The molecule has 0 aliphatic carbocycles. The molecule has 0 N–H and O–H groups in total. The molecule has 0 bridgehead atoms. The van der Waals surface area contributed by atoms with Crippen LogP contribution in [0, 0.1) is 0 Å². The van der Waals surface area contributed by atoms with Crippen molar-refractivity contribution in [2.24, 2.45) is 0 Å². The molecule has 88 valence electrons. The molecular formula is C16H13NO. The summed E-state index contributed by atoms with van der Waals surface area (Å²) in [5, 5.41) is 0.774. The Hall–Kier alpha value is -2.35. The average molecular weight is 235 g/mol. The second-order valence-corrected chi connectivity index (χ2v) is 4.31. The molecular weight excluding hydrogens is 222 g/mol. The molecule has 0 aliphatic heterocycles. The Morgan fingerprint density at radius 3 is 2.39 bits per heavy atom. The molecule has 2 nitrogen and oxygen atoms in total. The number of benzene rings is 2. The van der Waals surface area contributed by atoms with E-state index in [0.29, 0.717) is 0 Å². The molecule has 3 rings (SSSR count). The number of fused-ring (bicyclic) bond motifs is 1. The monoisotopic (exact) mass is 235 g/mol. The molecule has 0 fully saturated rings. The van der Waals surface area contributed by atoms with Gasteiger partial charge in [0.25, 0.3) is 0 Å². The molecule has 0 atom stereocenters. The lowest BCUT2D eigenvalue weighted by Crippen LogP contribution is -2.08. The van der Waals surface area contributed by atoms with Gasteiger partial charge in [0.1, 0.15) is 0 Å². The lowest BCUT2D eigenvalue weighted by atomic mass is 10.2. The van der Waals surface area contributed by atoms with Crippen molar-refractivity contribution in [1.82, 2.24) is 4.57 Å². The second kappa shape index (κ2) is 4.49. The van der Waals surface area contributed by atoms with Crippen molar-refractivity contribution in [3.05, 3.63) is 82.6 Å². The highest BCUT2D eigenvalue weighted by molar-refractivity contribution is 5.78. The Bertz CT molecular complexity index is 729. The molecule has 0 amide bonds. The largest absolute Gasteiger partial charge is 0.343 e. The van der Waals surface area contributed by atoms with E-state index in [-0.39, 0.29) is 5.43 Å². The van der Waals surface area contributed by atoms with Crippen LogP contribution in [0.15, 0.2) is 71.7 Å². The SMILES string of the molecule is O=c1ccn(Cc2ccccc2)c2ccccc12. The van der Waals surface area contributed by atoms with Gasteiger partial charge >= 0.3 is 0 Å². The van der Waals surface area contributed by atoms with Gasteiger partial charge in [0.15, 0.2) is 5.43 Å². The number of hydrogen-bond donors (Lipinski definition) is 0. The molecule has 0 radical (unpaired) electrons. The van der Waals surface area contributed by atoms with Gasteiger partial charge in [-0.3, -0.25) is 4.79 Å². The fourth-order valence-electron chi connectivity index (χ4n) is 2.18. The van der Waals surface area contributed by atoms with Crippen molar-refractivity contribution in [3.63, 3.8) is 0 Å². The van der Waals surface area contributed by atoms with Gasteiger partial charge in [-0.25, -0.2) is 0 Å². The Balaban J connectivity index is 2.13. The third kappa shape index (κ3) is 1.93. The lowest BCUT2D eigenvalue weighted by Gasteiger charge is -2.10. The van der Waals surface area contributed by atoms with E-state index in [0.717, 1.165) is 17.4 Å². The van der Waals surface area contributed by atoms with Crippen molar-refractivity contribution in [2.45, 2.75) is 6.54 Å². The molecule has 3 aromatic rings. The highest BCUT2D eigenvalue weighted by Gasteiger charge is 2.01. The summed E-state index contributed by atoms with van der Waals surface area (Å²) in [6.07, 6.45) is 1.86. The maximum absolute atomic E-state index is 11.8. The van der Waals surface area contributed by atoms with E-state index in [4.69, 9.17) is 0 Å². The number of pyridine rings is 1. The van der Waals surface area contributed by atoms with E-state index >= 15 is 0 Å². The molecule has 0 aliphatic rings. The van der Waals surface area contributed by atoms with Gasteiger partial charge in [-0.2, -0.15) is 0 Å². The number of para-hydroxylation sites is 1. The van der Waals surface area contributed by atoms with Gasteiger partial charge in [-0.05, 0) is 17.7 Å². The highest BCUT2D eigenvalue weighted by Crippen LogP contribution is 2.11. The first-order chi connectivity index (χ1) is 8.84. The zero-order valence-electron chi connectivity index (χ0n) is 9.91. The van der Waals surface area contributed by atoms with Crippen LogP contribution in [0.1, 0.15) is 5.56 Å². The van der Waals surface area contributed by atoms with Gasteiger partial charge in [-0.15, -0.1) is 0 Å². The lowest BCUT2D eigenvalue weighted by molar-refractivity contribution is 0.826. The molecule has 18 heavy (non-hydrogen) atoms. The average Bonchev–Trinajstić information content (AvgIpc) is 2.44. The number of nitrogens with zero attached hydrogens (tertiary/aromatic N) is 1. The van der Waals surface area contributed by atoms with Crippen molar-refractivity contribution in [3.8, 4) is 0 Å². The van der Waals surface area contributed by atoms with E-state index in [1.54, 1.807) is 6.07 Å². The van der Waals surface area contributed by atoms with Crippen LogP contribution in [-0.2, 0) is 6.54 Å². The van der Waals surface area contributed by atoms with Crippen molar-refractivity contribution in [2.75, 3.05) is 0 Å². The third-order valence-electron chi connectivity index (χ3n) is 3.08. The van der Waals surface area contributed by atoms with Crippen molar-refractivity contribution < 1.29 is 0 Å². The van der Waals surface area contributed by atoms with Crippen molar-refractivity contribution >= 4 is 10.9 Å². The molecule has 2 heteroatoms. The van der Waals surface area contributed by atoms with Crippen LogP contribution >= 0.6 is 0 Å². The van der Waals surface area contributed by atoms with Crippen LogP contribution in [0.2, 0.25) is 0 Å². The topological polar surface area (TPSA) is 22.0 Å². The minimum absolute atomic E-state index is 0.0786. The maximum atomic E-state index is 11.8. The summed E-state index contributed by atoms with van der Waals surface area (Å²) in [5.74, 6) is 0. The van der Waals surface area contributed by atoms with Gasteiger partial charge in [0, 0.05) is 24.2 Å². The van der Waals surface area contributed by atoms with Crippen LogP contribution < -0.4 is 5.43 Å². The zero-order chi connectivity index (χ0) is 12.4. The number of hydrogen-bond acceptors (Lipinski definition) is 1. The molecule has 2 aromatic carbocycles. The second-order valence-electron chi connectivity index (χ2n) is 4.31. The first kappa shape index (κ1) is 10.8. The quantitative estimate of drug-likeness (QED) is 0.669. The fourth-order valence-corrected chi connectivity index (χ4v) is 2.18. The molecule has 1 heterocycles. The highest BCUT2D eigenvalue weighted by atomic mass is 16.1. The summed E-state index contributed by atoms with van der Waals surface area (Å²) in [7, 11) is 0. The van der Waals surface area contributed by atoms with Crippen LogP contribution in [0.5, 0.6) is 0 Å². The van der Waals surface area contributed by atoms with Gasteiger partial charge in [0.05, 0.1) is 5.52 Å². The Morgan fingerprint density at radius 2 is 1.56 bits per heavy atom. The Labute approximate surface area is 105 Å². The van der Waals surface area contributed by atoms with E-state index in [1.165, 1.54) is 5.56 Å². The summed E-state index contributed by atoms with van der Waals surface area (Å²) in [6, 6.07) is 19.6. The van der Waals surface area contributed by atoms with Crippen LogP contribution in [0.3, 0.4) is 0 Å². The molecule has 0 unspecified atom stereocenters.